The number of carboxylic acid groups (broad SMARTS) is 1. The molecule has 1 fully saturated rings. The minimum Gasteiger partial charge on any atom is -0.481 e. The summed E-state index contributed by atoms with van der Waals surface area (Å²) in [6, 6.07) is -1.92. The van der Waals surface area contributed by atoms with Gasteiger partial charge < -0.3 is 10.0 Å². The van der Waals surface area contributed by atoms with E-state index >= 15 is 0 Å². The van der Waals surface area contributed by atoms with E-state index in [1.165, 1.54) is 0 Å². The molecule has 1 N–H and O–H groups in total. The molecule has 0 aromatic rings. The first-order chi connectivity index (χ1) is 6.73. The SMILES string of the molecule is CC(N1CC(C(=O)O)CC1=O)C(F)(F)F. The number of alkyl halides is 3. The number of carbonyl (C=O) groups is 2. The third-order valence-electron chi connectivity index (χ3n) is 2.45. The Bertz CT molecular complexity index is 289. The van der Waals surface area contributed by atoms with E-state index in [1.54, 1.807) is 0 Å². The average molecular weight is 225 g/mol. The second-order valence-electron chi connectivity index (χ2n) is 3.50. The Kier molecular flexibility index (Phi) is 2.92. The van der Waals surface area contributed by atoms with E-state index in [0.29, 0.717) is 4.90 Å². The van der Waals surface area contributed by atoms with Gasteiger partial charge in [-0.2, -0.15) is 13.2 Å². The molecule has 7 heteroatoms. The topological polar surface area (TPSA) is 57.6 Å². The van der Waals surface area contributed by atoms with Crippen LogP contribution < -0.4 is 0 Å². The molecule has 1 rings (SSSR count). The van der Waals surface area contributed by atoms with Crippen LogP contribution in [0.3, 0.4) is 0 Å². The molecule has 0 aromatic heterocycles. The van der Waals surface area contributed by atoms with Crippen molar-refractivity contribution in [2.75, 3.05) is 6.54 Å². The normalized spacial score (nSPS) is 24.4. The third-order valence-corrected chi connectivity index (χ3v) is 2.45. The van der Waals surface area contributed by atoms with Crippen LogP contribution in [0.5, 0.6) is 0 Å². The van der Waals surface area contributed by atoms with Gasteiger partial charge in [-0.3, -0.25) is 9.59 Å². The van der Waals surface area contributed by atoms with Crippen molar-refractivity contribution in [1.29, 1.82) is 0 Å². The van der Waals surface area contributed by atoms with Crippen LogP contribution in [0.4, 0.5) is 13.2 Å². The molecule has 1 saturated heterocycles. The fourth-order valence-corrected chi connectivity index (χ4v) is 1.45. The van der Waals surface area contributed by atoms with E-state index in [9.17, 15) is 22.8 Å². The fraction of sp³-hybridized carbons (Fsp3) is 0.750. The second-order valence-corrected chi connectivity index (χ2v) is 3.50. The quantitative estimate of drug-likeness (QED) is 0.758. The summed E-state index contributed by atoms with van der Waals surface area (Å²) in [4.78, 5) is 22.2. The van der Waals surface area contributed by atoms with Gasteiger partial charge in [0.05, 0.1) is 5.92 Å². The Morgan fingerprint density at radius 1 is 1.60 bits per heavy atom. The van der Waals surface area contributed by atoms with Crippen molar-refractivity contribution in [1.82, 2.24) is 4.90 Å². The van der Waals surface area contributed by atoms with E-state index in [1.807, 2.05) is 0 Å². The van der Waals surface area contributed by atoms with Gasteiger partial charge in [-0.15, -0.1) is 0 Å². The van der Waals surface area contributed by atoms with Crippen LogP contribution >= 0.6 is 0 Å². The molecule has 0 saturated carbocycles. The summed E-state index contributed by atoms with van der Waals surface area (Å²) >= 11 is 0. The minimum absolute atomic E-state index is 0.351. The summed E-state index contributed by atoms with van der Waals surface area (Å²) in [5.74, 6) is -3.02. The predicted molar refractivity (Wildman–Crippen MR) is 43.0 cm³/mol. The summed E-state index contributed by atoms with van der Waals surface area (Å²) in [6.45, 7) is 0.483. The van der Waals surface area contributed by atoms with E-state index in [4.69, 9.17) is 5.11 Å². The minimum atomic E-state index is -4.51. The Morgan fingerprint density at radius 3 is 2.47 bits per heavy atom. The van der Waals surface area contributed by atoms with Crippen molar-refractivity contribution < 1.29 is 27.9 Å². The number of hydrogen-bond donors (Lipinski definition) is 1. The maximum Gasteiger partial charge on any atom is 0.408 e. The molecule has 86 valence electrons. The van der Waals surface area contributed by atoms with Crippen molar-refractivity contribution in [3.63, 3.8) is 0 Å². The maximum absolute atomic E-state index is 12.3. The number of halogens is 3. The number of likely N-dealkylation sites (tertiary alicyclic amines) is 1. The third kappa shape index (κ3) is 2.40. The Labute approximate surface area is 83.7 Å². The molecule has 1 heterocycles. The lowest BCUT2D eigenvalue weighted by Crippen LogP contribution is -2.44. The zero-order chi connectivity index (χ0) is 11.8. The lowest BCUT2D eigenvalue weighted by Gasteiger charge is -2.26. The first kappa shape index (κ1) is 11.8. The Hall–Kier alpha value is -1.27. The van der Waals surface area contributed by atoms with Gasteiger partial charge in [-0.05, 0) is 6.92 Å². The van der Waals surface area contributed by atoms with Gasteiger partial charge in [-0.1, -0.05) is 0 Å². The van der Waals surface area contributed by atoms with Crippen molar-refractivity contribution >= 4 is 11.9 Å². The molecule has 1 amide bonds. The molecule has 0 aliphatic carbocycles. The van der Waals surface area contributed by atoms with Crippen molar-refractivity contribution in [2.45, 2.75) is 25.6 Å². The summed E-state index contributed by atoms with van der Waals surface area (Å²) in [7, 11) is 0. The molecule has 1 aliphatic heterocycles. The van der Waals surface area contributed by atoms with Crippen molar-refractivity contribution in [3.05, 3.63) is 0 Å². The number of nitrogens with zero attached hydrogens (tertiary/aromatic N) is 1. The molecule has 0 bridgehead atoms. The molecule has 4 nitrogen and oxygen atoms in total. The molecule has 2 atom stereocenters. The van der Waals surface area contributed by atoms with E-state index in [0.717, 1.165) is 6.92 Å². The van der Waals surface area contributed by atoms with Crippen LogP contribution in [-0.2, 0) is 9.59 Å². The number of carbonyl (C=O) groups excluding carboxylic acids is 1. The highest BCUT2D eigenvalue weighted by Crippen LogP contribution is 2.29. The van der Waals surface area contributed by atoms with E-state index < -0.39 is 30.0 Å². The first-order valence-corrected chi connectivity index (χ1v) is 4.32. The summed E-state index contributed by atoms with van der Waals surface area (Å²) in [6.07, 6.45) is -4.86. The van der Waals surface area contributed by atoms with Crippen LogP contribution in [0.25, 0.3) is 0 Å². The van der Waals surface area contributed by atoms with E-state index in [2.05, 4.69) is 0 Å². The molecule has 1 aliphatic rings. The number of rotatable bonds is 2. The average Bonchev–Trinajstić information content (AvgIpc) is 2.44. The highest BCUT2D eigenvalue weighted by atomic mass is 19.4. The summed E-state index contributed by atoms with van der Waals surface area (Å²) in [5, 5.41) is 8.57. The van der Waals surface area contributed by atoms with Crippen LogP contribution in [0, 0.1) is 5.92 Å². The highest BCUT2D eigenvalue weighted by molar-refractivity contribution is 5.86. The van der Waals surface area contributed by atoms with Crippen LogP contribution in [0.2, 0.25) is 0 Å². The summed E-state index contributed by atoms with van der Waals surface area (Å²) in [5.41, 5.74) is 0. The van der Waals surface area contributed by atoms with Crippen LogP contribution in [-0.4, -0.2) is 40.6 Å². The highest BCUT2D eigenvalue weighted by Gasteiger charge is 2.46. The van der Waals surface area contributed by atoms with Crippen molar-refractivity contribution in [2.24, 2.45) is 5.92 Å². The first-order valence-electron chi connectivity index (χ1n) is 4.32. The molecular weight excluding hydrogens is 215 g/mol. The fourth-order valence-electron chi connectivity index (χ4n) is 1.45. The van der Waals surface area contributed by atoms with Gasteiger partial charge in [0.15, 0.2) is 0 Å². The smallest absolute Gasteiger partial charge is 0.408 e. The van der Waals surface area contributed by atoms with Gasteiger partial charge in [0.25, 0.3) is 0 Å². The molecule has 2 unspecified atom stereocenters. The van der Waals surface area contributed by atoms with Crippen molar-refractivity contribution in [3.8, 4) is 0 Å². The Morgan fingerprint density at radius 2 is 2.13 bits per heavy atom. The number of aliphatic carboxylic acids is 1. The maximum atomic E-state index is 12.3. The Balaban J connectivity index is 2.74. The zero-order valence-corrected chi connectivity index (χ0v) is 7.91. The van der Waals surface area contributed by atoms with Gasteiger partial charge in [-0.25, -0.2) is 0 Å². The summed E-state index contributed by atoms with van der Waals surface area (Å²) < 4.78 is 36.8. The largest absolute Gasteiger partial charge is 0.481 e. The number of amides is 1. The number of hydrogen-bond acceptors (Lipinski definition) is 2. The molecule has 0 radical (unpaired) electrons. The second kappa shape index (κ2) is 3.71. The molecule has 0 aromatic carbocycles. The van der Waals surface area contributed by atoms with E-state index in [-0.39, 0.29) is 13.0 Å². The predicted octanol–water partition coefficient (Wildman–Crippen LogP) is 0.870. The lowest BCUT2D eigenvalue weighted by molar-refractivity contribution is -0.182. The standard InChI is InChI=1S/C8H10F3NO3/c1-4(8(9,10)11)12-3-5(7(14)15)2-6(12)13/h4-5H,2-3H2,1H3,(H,14,15). The molecular formula is C8H10F3NO3. The van der Waals surface area contributed by atoms with Gasteiger partial charge in [0, 0.05) is 13.0 Å². The monoisotopic (exact) mass is 225 g/mol. The number of carboxylic acids is 1. The van der Waals surface area contributed by atoms with Gasteiger partial charge >= 0.3 is 12.1 Å². The van der Waals surface area contributed by atoms with Gasteiger partial charge in [0.2, 0.25) is 5.91 Å². The molecule has 0 spiro atoms. The zero-order valence-electron chi connectivity index (χ0n) is 7.91. The van der Waals surface area contributed by atoms with Gasteiger partial charge in [0.1, 0.15) is 6.04 Å². The lowest BCUT2D eigenvalue weighted by atomic mass is 10.1. The van der Waals surface area contributed by atoms with Crippen LogP contribution in [0.1, 0.15) is 13.3 Å². The molecule has 15 heavy (non-hydrogen) atoms. The van der Waals surface area contributed by atoms with Crippen LogP contribution in [0.15, 0.2) is 0 Å².